The van der Waals surface area contributed by atoms with Crippen molar-refractivity contribution < 1.29 is 13.9 Å². The summed E-state index contributed by atoms with van der Waals surface area (Å²) in [5.74, 6) is -0.488. The van der Waals surface area contributed by atoms with Crippen LogP contribution in [0.1, 0.15) is 18.5 Å². The van der Waals surface area contributed by atoms with Gasteiger partial charge in [-0.1, -0.05) is 35.3 Å². The second-order valence-corrected chi connectivity index (χ2v) is 5.55. The molecule has 0 aliphatic heterocycles. The largest absolute Gasteiger partial charge is 0.484 e. The van der Waals surface area contributed by atoms with Gasteiger partial charge in [-0.15, -0.1) is 0 Å². The van der Waals surface area contributed by atoms with E-state index in [9.17, 15) is 9.18 Å². The van der Waals surface area contributed by atoms with Crippen molar-refractivity contribution in [3.05, 3.63) is 63.9 Å². The SMILES string of the molecule is CC(NC(=O)COc1ccc(F)c(Cl)c1)c1ccc(Cl)cc1. The van der Waals surface area contributed by atoms with E-state index >= 15 is 0 Å². The number of nitrogens with one attached hydrogen (secondary N) is 1. The zero-order chi connectivity index (χ0) is 16.1. The summed E-state index contributed by atoms with van der Waals surface area (Å²) in [6.07, 6.45) is 0. The van der Waals surface area contributed by atoms with Crippen molar-refractivity contribution >= 4 is 29.1 Å². The number of amides is 1. The van der Waals surface area contributed by atoms with Crippen LogP contribution in [-0.4, -0.2) is 12.5 Å². The predicted octanol–water partition coefficient (Wildman–Crippen LogP) is 4.39. The number of carbonyl (C=O) groups excluding carboxylic acids is 1. The molecule has 2 aromatic rings. The Morgan fingerprint density at radius 2 is 1.91 bits per heavy atom. The van der Waals surface area contributed by atoms with E-state index in [2.05, 4.69) is 5.32 Å². The quantitative estimate of drug-likeness (QED) is 0.875. The third-order valence-electron chi connectivity index (χ3n) is 3.01. The molecule has 0 radical (unpaired) electrons. The van der Waals surface area contributed by atoms with Gasteiger partial charge in [0, 0.05) is 11.1 Å². The van der Waals surface area contributed by atoms with Crippen molar-refractivity contribution in [2.24, 2.45) is 0 Å². The topological polar surface area (TPSA) is 38.3 Å². The lowest BCUT2D eigenvalue weighted by Gasteiger charge is -2.15. The van der Waals surface area contributed by atoms with Gasteiger partial charge in [0.05, 0.1) is 11.1 Å². The molecule has 2 aromatic carbocycles. The van der Waals surface area contributed by atoms with Gasteiger partial charge in [-0.05, 0) is 36.8 Å². The minimum atomic E-state index is -0.533. The van der Waals surface area contributed by atoms with Gasteiger partial charge < -0.3 is 10.1 Å². The van der Waals surface area contributed by atoms with E-state index < -0.39 is 5.82 Å². The van der Waals surface area contributed by atoms with Crippen molar-refractivity contribution in [1.29, 1.82) is 0 Å². The van der Waals surface area contributed by atoms with Gasteiger partial charge in [0.2, 0.25) is 0 Å². The molecule has 1 atom stereocenters. The number of carbonyl (C=O) groups is 1. The minimum Gasteiger partial charge on any atom is -0.484 e. The standard InChI is InChI=1S/C16H14Cl2FNO2/c1-10(11-2-4-12(17)5-3-11)20-16(21)9-22-13-6-7-15(19)14(18)8-13/h2-8,10H,9H2,1H3,(H,20,21). The number of hydrogen-bond donors (Lipinski definition) is 1. The van der Waals surface area contributed by atoms with Crippen LogP contribution < -0.4 is 10.1 Å². The van der Waals surface area contributed by atoms with Gasteiger partial charge in [-0.2, -0.15) is 0 Å². The Balaban J connectivity index is 1.87. The first-order valence-electron chi connectivity index (χ1n) is 6.58. The lowest BCUT2D eigenvalue weighted by atomic mass is 10.1. The van der Waals surface area contributed by atoms with Gasteiger partial charge in [-0.3, -0.25) is 4.79 Å². The van der Waals surface area contributed by atoms with Crippen LogP contribution in [0.2, 0.25) is 10.0 Å². The van der Waals surface area contributed by atoms with E-state index in [0.29, 0.717) is 10.8 Å². The maximum absolute atomic E-state index is 13.0. The highest BCUT2D eigenvalue weighted by atomic mass is 35.5. The average molecular weight is 342 g/mol. The Morgan fingerprint density at radius 3 is 2.55 bits per heavy atom. The van der Waals surface area contributed by atoms with Crippen LogP contribution in [0.3, 0.4) is 0 Å². The smallest absolute Gasteiger partial charge is 0.258 e. The number of rotatable bonds is 5. The highest BCUT2D eigenvalue weighted by Crippen LogP contribution is 2.21. The lowest BCUT2D eigenvalue weighted by Crippen LogP contribution is -2.31. The molecule has 1 amide bonds. The summed E-state index contributed by atoms with van der Waals surface area (Å²) in [4.78, 5) is 11.8. The van der Waals surface area contributed by atoms with E-state index in [1.807, 2.05) is 19.1 Å². The number of halogens is 3. The van der Waals surface area contributed by atoms with Crippen LogP contribution in [0.5, 0.6) is 5.75 Å². The fraction of sp³-hybridized carbons (Fsp3) is 0.188. The summed E-state index contributed by atoms with van der Waals surface area (Å²) < 4.78 is 18.3. The second kappa shape index (κ2) is 7.47. The predicted molar refractivity (Wildman–Crippen MR) is 84.9 cm³/mol. The molecule has 116 valence electrons. The zero-order valence-corrected chi connectivity index (χ0v) is 13.3. The highest BCUT2D eigenvalue weighted by molar-refractivity contribution is 6.31. The molecule has 0 aromatic heterocycles. The Hall–Kier alpha value is -1.78. The van der Waals surface area contributed by atoms with Gasteiger partial charge in [-0.25, -0.2) is 4.39 Å². The first-order valence-corrected chi connectivity index (χ1v) is 7.34. The van der Waals surface area contributed by atoms with Crippen LogP contribution in [-0.2, 0) is 4.79 Å². The molecule has 0 fully saturated rings. The molecule has 0 saturated carbocycles. The van der Waals surface area contributed by atoms with Crippen molar-refractivity contribution in [2.45, 2.75) is 13.0 Å². The summed E-state index contributed by atoms with van der Waals surface area (Å²) in [6.45, 7) is 1.68. The molecule has 0 bridgehead atoms. The van der Waals surface area contributed by atoms with Crippen molar-refractivity contribution in [1.82, 2.24) is 5.32 Å². The van der Waals surface area contributed by atoms with Gasteiger partial charge in [0.25, 0.3) is 5.91 Å². The van der Waals surface area contributed by atoms with Gasteiger partial charge >= 0.3 is 0 Å². The summed E-state index contributed by atoms with van der Waals surface area (Å²) in [6, 6.07) is 11.0. The summed E-state index contributed by atoms with van der Waals surface area (Å²) in [7, 11) is 0. The molecule has 22 heavy (non-hydrogen) atoms. The third kappa shape index (κ3) is 4.61. The average Bonchev–Trinajstić information content (AvgIpc) is 2.49. The van der Waals surface area contributed by atoms with Crippen LogP contribution in [0.25, 0.3) is 0 Å². The molecule has 1 N–H and O–H groups in total. The number of ether oxygens (including phenoxy) is 1. The second-order valence-electron chi connectivity index (χ2n) is 4.71. The Kier molecular flexibility index (Phi) is 5.63. The maximum atomic E-state index is 13.0. The van der Waals surface area contributed by atoms with Crippen molar-refractivity contribution in [3.8, 4) is 5.75 Å². The zero-order valence-electron chi connectivity index (χ0n) is 11.8. The number of benzene rings is 2. The maximum Gasteiger partial charge on any atom is 0.258 e. The summed E-state index contributed by atoms with van der Waals surface area (Å²) >= 11 is 11.5. The first-order chi connectivity index (χ1) is 10.5. The van der Waals surface area contributed by atoms with Crippen LogP contribution in [0.4, 0.5) is 4.39 Å². The molecule has 1 unspecified atom stereocenters. The van der Waals surface area contributed by atoms with Crippen LogP contribution in [0, 0.1) is 5.82 Å². The van der Waals surface area contributed by atoms with Gasteiger partial charge in [0.15, 0.2) is 6.61 Å². The highest BCUT2D eigenvalue weighted by Gasteiger charge is 2.10. The van der Waals surface area contributed by atoms with E-state index in [4.69, 9.17) is 27.9 Å². The Labute approximate surface area is 138 Å². The normalized spacial score (nSPS) is 11.8. The molecule has 0 saturated heterocycles. The number of hydrogen-bond acceptors (Lipinski definition) is 2. The molecule has 6 heteroatoms. The van der Waals surface area contributed by atoms with Crippen LogP contribution >= 0.6 is 23.2 Å². The molecule has 2 rings (SSSR count). The van der Waals surface area contributed by atoms with Crippen molar-refractivity contribution in [2.75, 3.05) is 6.61 Å². The third-order valence-corrected chi connectivity index (χ3v) is 3.55. The lowest BCUT2D eigenvalue weighted by molar-refractivity contribution is -0.123. The molecule has 0 spiro atoms. The van der Waals surface area contributed by atoms with Crippen LogP contribution in [0.15, 0.2) is 42.5 Å². The Morgan fingerprint density at radius 1 is 1.23 bits per heavy atom. The molecular formula is C16H14Cl2FNO2. The minimum absolute atomic E-state index is 0.0487. The molecular weight excluding hydrogens is 328 g/mol. The summed E-state index contributed by atoms with van der Waals surface area (Å²) in [5.41, 5.74) is 0.933. The van der Waals surface area contributed by atoms with E-state index in [0.717, 1.165) is 5.56 Å². The van der Waals surface area contributed by atoms with E-state index in [1.54, 1.807) is 12.1 Å². The first kappa shape index (κ1) is 16.6. The van der Waals surface area contributed by atoms with E-state index in [1.165, 1.54) is 18.2 Å². The van der Waals surface area contributed by atoms with E-state index in [-0.39, 0.29) is 23.6 Å². The van der Waals surface area contributed by atoms with Crippen molar-refractivity contribution in [3.63, 3.8) is 0 Å². The van der Waals surface area contributed by atoms with Gasteiger partial charge in [0.1, 0.15) is 11.6 Å². The fourth-order valence-electron chi connectivity index (χ4n) is 1.83. The molecule has 0 aliphatic rings. The monoisotopic (exact) mass is 341 g/mol. The molecule has 0 aliphatic carbocycles. The molecule has 0 heterocycles. The Bertz CT molecular complexity index is 662. The fourth-order valence-corrected chi connectivity index (χ4v) is 2.13. The molecule has 3 nitrogen and oxygen atoms in total. The summed E-state index contributed by atoms with van der Waals surface area (Å²) in [5, 5.41) is 3.39.